The highest BCUT2D eigenvalue weighted by atomic mass is 35.5. The van der Waals surface area contributed by atoms with E-state index in [-0.39, 0.29) is 12.5 Å². The van der Waals surface area contributed by atoms with Crippen molar-refractivity contribution in [3.05, 3.63) is 58.3 Å². The molecule has 1 amide bonds. The average Bonchev–Trinajstić information content (AvgIpc) is 2.49. The summed E-state index contributed by atoms with van der Waals surface area (Å²) in [5.41, 5.74) is 3.75. The molecule has 0 aliphatic heterocycles. The summed E-state index contributed by atoms with van der Waals surface area (Å²) in [6.45, 7) is 0.110. The number of carbonyl (C=O) groups excluding carboxylic acids is 1. The number of hydrazone groups is 1. The normalized spacial score (nSPS) is 10.6. The lowest BCUT2D eigenvalue weighted by Crippen LogP contribution is -2.25. The van der Waals surface area contributed by atoms with Crippen LogP contribution in [0.25, 0.3) is 0 Å². The third-order valence-corrected chi connectivity index (χ3v) is 3.10. The molecule has 0 saturated carbocycles. The Morgan fingerprint density at radius 2 is 1.86 bits per heavy atom. The van der Waals surface area contributed by atoms with Crippen LogP contribution in [0.2, 0.25) is 10.0 Å². The summed E-state index contributed by atoms with van der Waals surface area (Å²) in [4.78, 5) is 15.4. The summed E-state index contributed by atoms with van der Waals surface area (Å²) < 4.78 is 0. The van der Waals surface area contributed by atoms with Crippen molar-refractivity contribution in [3.8, 4) is 0 Å². The van der Waals surface area contributed by atoms with Gasteiger partial charge in [-0.3, -0.25) is 9.78 Å². The van der Waals surface area contributed by atoms with Crippen molar-refractivity contribution >= 4 is 41.0 Å². The van der Waals surface area contributed by atoms with E-state index < -0.39 is 0 Å². The zero-order chi connectivity index (χ0) is 15.1. The molecule has 7 heteroatoms. The molecule has 0 radical (unpaired) electrons. The predicted molar refractivity (Wildman–Crippen MR) is 84.9 cm³/mol. The fourth-order valence-electron chi connectivity index (χ4n) is 1.49. The smallest absolute Gasteiger partial charge is 0.259 e. The van der Waals surface area contributed by atoms with Gasteiger partial charge >= 0.3 is 0 Å². The van der Waals surface area contributed by atoms with Crippen LogP contribution in [-0.2, 0) is 4.79 Å². The molecule has 108 valence electrons. The Morgan fingerprint density at radius 3 is 2.52 bits per heavy atom. The molecule has 2 aromatic rings. The van der Waals surface area contributed by atoms with E-state index in [0.29, 0.717) is 15.6 Å². The van der Waals surface area contributed by atoms with Crippen molar-refractivity contribution in [3.63, 3.8) is 0 Å². The van der Waals surface area contributed by atoms with Crippen molar-refractivity contribution in [1.82, 2.24) is 10.4 Å². The number of nitrogens with one attached hydrogen (secondary N) is 2. The maximum atomic E-state index is 11.6. The Labute approximate surface area is 132 Å². The number of pyridine rings is 1. The molecule has 0 aliphatic carbocycles. The Morgan fingerprint density at radius 1 is 1.19 bits per heavy atom. The van der Waals surface area contributed by atoms with E-state index in [1.54, 1.807) is 0 Å². The first kappa shape index (κ1) is 15.3. The summed E-state index contributed by atoms with van der Waals surface area (Å²) in [6.07, 6.45) is 4.29. The van der Waals surface area contributed by atoms with E-state index in [1.807, 2.05) is 30.3 Å². The second kappa shape index (κ2) is 7.61. The van der Waals surface area contributed by atoms with Crippen molar-refractivity contribution in [2.45, 2.75) is 0 Å². The van der Waals surface area contributed by atoms with Gasteiger partial charge in [0.15, 0.2) is 0 Å². The summed E-state index contributed by atoms with van der Waals surface area (Å²) in [7, 11) is 0. The standard InChI is InChI=1S/C14H12Cl2N4O/c15-12-7-17-8-13(16)11(12)6-19-20-14(21)9-18-10-4-2-1-3-5-10/h1-8,18H,9H2,(H,20,21). The van der Waals surface area contributed by atoms with Gasteiger partial charge in [0.1, 0.15) is 0 Å². The van der Waals surface area contributed by atoms with Crippen LogP contribution in [-0.4, -0.2) is 23.7 Å². The molecular weight excluding hydrogens is 311 g/mol. The van der Waals surface area contributed by atoms with Crippen molar-refractivity contribution in [2.24, 2.45) is 5.10 Å². The highest BCUT2D eigenvalue weighted by molar-refractivity contribution is 6.38. The second-order valence-corrected chi connectivity index (χ2v) is 4.84. The number of nitrogens with zero attached hydrogens (tertiary/aromatic N) is 2. The summed E-state index contributed by atoms with van der Waals surface area (Å²) in [5.74, 6) is -0.281. The van der Waals surface area contributed by atoms with Gasteiger partial charge in [-0.25, -0.2) is 5.43 Å². The number of anilines is 1. The lowest BCUT2D eigenvalue weighted by molar-refractivity contribution is -0.119. The first-order valence-electron chi connectivity index (χ1n) is 6.06. The fraction of sp³-hybridized carbons (Fsp3) is 0.0714. The van der Waals surface area contributed by atoms with E-state index in [9.17, 15) is 4.79 Å². The minimum atomic E-state index is -0.281. The Hall–Kier alpha value is -2.11. The van der Waals surface area contributed by atoms with Gasteiger partial charge in [-0.1, -0.05) is 41.4 Å². The Kier molecular flexibility index (Phi) is 5.54. The number of rotatable bonds is 5. The fourth-order valence-corrected chi connectivity index (χ4v) is 1.95. The largest absolute Gasteiger partial charge is 0.376 e. The Bertz CT molecular complexity index is 626. The lowest BCUT2D eigenvalue weighted by Gasteiger charge is -2.04. The number of benzene rings is 1. The number of hydrogen-bond acceptors (Lipinski definition) is 4. The molecule has 21 heavy (non-hydrogen) atoms. The van der Waals surface area contributed by atoms with Crippen LogP contribution in [0.4, 0.5) is 5.69 Å². The minimum absolute atomic E-state index is 0.110. The van der Waals surface area contributed by atoms with Crippen LogP contribution in [0, 0.1) is 0 Å². The molecule has 0 unspecified atom stereocenters. The number of carbonyl (C=O) groups is 1. The Balaban J connectivity index is 1.85. The van der Waals surface area contributed by atoms with Crippen molar-refractivity contribution in [1.29, 1.82) is 0 Å². The number of para-hydroxylation sites is 1. The molecule has 2 N–H and O–H groups in total. The first-order chi connectivity index (χ1) is 10.2. The molecule has 0 spiro atoms. The van der Waals surface area contributed by atoms with E-state index in [2.05, 4.69) is 20.8 Å². The molecule has 0 fully saturated rings. The number of aromatic nitrogens is 1. The molecule has 0 bridgehead atoms. The monoisotopic (exact) mass is 322 g/mol. The average molecular weight is 323 g/mol. The maximum Gasteiger partial charge on any atom is 0.259 e. The minimum Gasteiger partial charge on any atom is -0.376 e. The van der Waals surface area contributed by atoms with E-state index in [1.165, 1.54) is 18.6 Å². The van der Waals surface area contributed by atoms with Crippen LogP contribution >= 0.6 is 23.2 Å². The van der Waals surface area contributed by atoms with Gasteiger partial charge < -0.3 is 5.32 Å². The molecule has 1 aromatic heterocycles. The van der Waals surface area contributed by atoms with Gasteiger partial charge in [-0.15, -0.1) is 0 Å². The predicted octanol–water partition coefficient (Wildman–Crippen LogP) is 2.95. The zero-order valence-electron chi connectivity index (χ0n) is 10.9. The summed E-state index contributed by atoms with van der Waals surface area (Å²) in [5, 5.41) is 7.51. The van der Waals surface area contributed by atoms with Crippen molar-refractivity contribution < 1.29 is 4.79 Å². The van der Waals surface area contributed by atoms with Gasteiger partial charge in [0, 0.05) is 23.6 Å². The number of amides is 1. The van der Waals surface area contributed by atoms with Gasteiger partial charge in [0.2, 0.25) is 0 Å². The number of hydrogen-bond donors (Lipinski definition) is 2. The third kappa shape index (κ3) is 4.73. The quantitative estimate of drug-likeness (QED) is 0.657. The van der Waals surface area contributed by atoms with Gasteiger partial charge in [-0.2, -0.15) is 5.10 Å². The SMILES string of the molecule is O=C(CNc1ccccc1)NN=Cc1c(Cl)cncc1Cl. The van der Waals surface area contributed by atoms with Crippen molar-refractivity contribution in [2.75, 3.05) is 11.9 Å². The van der Waals surface area contributed by atoms with Gasteiger partial charge in [0.25, 0.3) is 5.91 Å². The number of halogens is 2. The molecule has 0 saturated heterocycles. The third-order valence-electron chi connectivity index (χ3n) is 2.50. The van der Waals surface area contributed by atoms with E-state index in [4.69, 9.17) is 23.2 Å². The van der Waals surface area contributed by atoms with Crippen LogP contribution in [0.3, 0.4) is 0 Å². The van der Waals surface area contributed by atoms with Crippen LogP contribution < -0.4 is 10.7 Å². The molecule has 2 rings (SSSR count). The molecule has 1 aromatic carbocycles. The maximum absolute atomic E-state index is 11.6. The van der Waals surface area contributed by atoms with Gasteiger partial charge in [0.05, 0.1) is 22.8 Å². The van der Waals surface area contributed by atoms with Gasteiger partial charge in [-0.05, 0) is 12.1 Å². The zero-order valence-corrected chi connectivity index (χ0v) is 12.4. The molecule has 0 aliphatic rings. The summed E-state index contributed by atoms with van der Waals surface area (Å²) >= 11 is 11.8. The molecule has 5 nitrogen and oxygen atoms in total. The van der Waals surface area contributed by atoms with Crippen LogP contribution in [0.15, 0.2) is 47.8 Å². The molecule has 1 heterocycles. The topological polar surface area (TPSA) is 66.4 Å². The lowest BCUT2D eigenvalue weighted by atomic mass is 10.3. The highest BCUT2D eigenvalue weighted by Crippen LogP contribution is 2.20. The van der Waals surface area contributed by atoms with Crippen LogP contribution in [0.1, 0.15) is 5.56 Å². The highest BCUT2D eigenvalue weighted by Gasteiger charge is 2.03. The first-order valence-corrected chi connectivity index (χ1v) is 6.82. The van der Waals surface area contributed by atoms with E-state index in [0.717, 1.165) is 5.69 Å². The summed E-state index contributed by atoms with van der Waals surface area (Å²) in [6, 6.07) is 9.40. The van der Waals surface area contributed by atoms with E-state index >= 15 is 0 Å². The second-order valence-electron chi connectivity index (χ2n) is 4.03. The molecule has 0 atom stereocenters. The molecular formula is C14H12Cl2N4O. The van der Waals surface area contributed by atoms with Crippen LogP contribution in [0.5, 0.6) is 0 Å².